The molecule has 0 aliphatic carbocycles. The van der Waals surface area contributed by atoms with Crippen molar-refractivity contribution in [2.24, 2.45) is 5.92 Å². The first kappa shape index (κ1) is 22.5. The van der Waals surface area contributed by atoms with Crippen LogP contribution in [0.2, 0.25) is 0 Å². The topological polar surface area (TPSA) is 69.7 Å². The molecule has 2 aromatic rings. The second kappa shape index (κ2) is 10.2. The van der Waals surface area contributed by atoms with E-state index in [0.29, 0.717) is 18.0 Å². The Labute approximate surface area is 179 Å². The summed E-state index contributed by atoms with van der Waals surface area (Å²) < 4.78 is 26.6. The van der Waals surface area contributed by atoms with Gasteiger partial charge in [-0.05, 0) is 75.1 Å². The lowest BCUT2D eigenvalue weighted by atomic mass is 9.94. The fourth-order valence-corrected chi connectivity index (χ4v) is 4.90. The highest BCUT2D eigenvalue weighted by Gasteiger charge is 2.20. The van der Waals surface area contributed by atoms with Crippen molar-refractivity contribution in [3.63, 3.8) is 0 Å². The minimum Gasteiger partial charge on any atom is -0.352 e. The Balaban J connectivity index is 1.50. The molecule has 162 valence electrons. The number of carbonyl (C=O) groups is 1. The van der Waals surface area contributed by atoms with Gasteiger partial charge in [0.25, 0.3) is 5.91 Å². The minimum absolute atomic E-state index is 0.0836. The van der Waals surface area contributed by atoms with Crippen molar-refractivity contribution in [1.82, 2.24) is 14.5 Å². The average Bonchev–Trinajstić information content (AvgIpc) is 2.76. The first-order valence-electron chi connectivity index (χ1n) is 10.4. The van der Waals surface area contributed by atoms with Crippen LogP contribution < -0.4 is 5.32 Å². The normalized spacial score (nSPS) is 16.0. The van der Waals surface area contributed by atoms with E-state index in [-0.39, 0.29) is 17.3 Å². The molecule has 1 heterocycles. The molecule has 0 aromatic heterocycles. The van der Waals surface area contributed by atoms with E-state index in [4.69, 9.17) is 0 Å². The molecular weight excluding hydrogens is 398 g/mol. The summed E-state index contributed by atoms with van der Waals surface area (Å²) in [7, 11) is 0.172. The van der Waals surface area contributed by atoms with Crippen molar-refractivity contribution >= 4 is 15.9 Å². The van der Waals surface area contributed by atoms with Gasteiger partial charge in [-0.3, -0.25) is 4.79 Å². The van der Waals surface area contributed by atoms with E-state index in [9.17, 15) is 13.2 Å². The number of nitrogens with one attached hydrogen (secondary N) is 1. The van der Waals surface area contributed by atoms with Crippen molar-refractivity contribution in [1.29, 1.82) is 0 Å². The zero-order valence-electron chi connectivity index (χ0n) is 17.8. The van der Waals surface area contributed by atoms with E-state index >= 15 is 0 Å². The van der Waals surface area contributed by atoms with E-state index in [1.807, 2.05) is 12.1 Å². The third kappa shape index (κ3) is 5.90. The van der Waals surface area contributed by atoms with Gasteiger partial charge in [-0.2, -0.15) is 4.31 Å². The first-order chi connectivity index (χ1) is 14.4. The van der Waals surface area contributed by atoms with Crippen LogP contribution in [0.1, 0.15) is 35.2 Å². The summed E-state index contributed by atoms with van der Waals surface area (Å²) in [4.78, 5) is 15.0. The molecule has 6 nitrogen and oxygen atoms in total. The second-order valence-corrected chi connectivity index (χ2v) is 10.1. The third-order valence-corrected chi connectivity index (χ3v) is 7.57. The third-order valence-electron chi connectivity index (χ3n) is 5.75. The van der Waals surface area contributed by atoms with E-state index in [0.717, 1.165) is 25.1 Å². The van der Waals surface area contributed by atoms with Crippen molar-refractivity contribution < 1.29 is 13.2 Å². The minimum atomic E-state index is -3.54. The Morgan fingerprint density at radius 3 is 2.33 bits per heavy atom. The summed E-state index contributed by atoms with van der Waals surface area (Å²) in [5.41, 5.74) is 1.43. The molecule has 1 amide bonds. The summed E-state index contributed by atoms with van der Waals surface area (Å²) in [6.45, 7) is 3.20. The summed E-state index contributed by atoms with van der Waals surface area (Å²) >= 11 is 0. The van der Waals surface area contributed by atoms with Crippen LogP contribution in [0.5, 0.6) is 0 Å². The highest BCUT2D eigenvalue weighted by molar-refractivity contribution is 7.89. The molecule has 1 aliphatic heterocycles. The van der Waals surface area contributed by atoms with E-state index in [1.165, 1.54) is 17.1 Å². The van der Waals surface area contributed by atoms with Crippen molar-refractivity contribution in [2.75, 3.05) is 33.7 Å². The fraction of sp³-hybridized carbons (Fsp3) is 0.435. The van der Waals surface area contributed by atoms with Crippen LogP contribution in [-0.2, 0) is 16.6 Å². The Hall–Kier alpha value is -2.22. The predicted molar refractivity (Wildman–Crippen MR) is 119 cm³/mol. The highest BCUT2D eigenvalue weighted by Crippen LogP contribution is 2.19. The Morgan fingerprint density at radius 1 is 1.07 bits per heavy atom. The second-order valence-electron chi connectivity index (χ2n) is 8.06. The van der Waals surface area contributed by atoms with Crippen LogP contribution in [0.25, 0.3) is 0 Å². The zero-order chi connectivity index (χ0) is 21.6. The van der Waals surface area contributed by atoms with Gasteiger partial charge >= 0.3 is 0 Å². The van der Waals surface area contributed by atoms with Crippen LogP contribution in [0.4, 0.5) is 0 Å². The number of hydrogen-bond donors (Lipinski definition) is 1. The van der Waals surface area contributed by atoms with Gasteiger partial charge in [0.1, 0.15) is 0 Å². The Bertz CT molecular complexity index is 922. The van der Waals surface area contributed by atoms with Gasteiger partial charge < -0.3 is 10.2 Å². The summed E-state index contributed by atoms with van der Waals surface area (Å²) in [6, 6.07) is 15.5. The Kier molecular flexibility index (Phi) is 7.64. The SMILES string of the molecule is CN1CCC(CCNC(=O)c2ccc(CN(C)S(=O)(=O)c3ccccc3)cc2)CC1. The molecule has 0 saturated carbocycles. The number of carbonyl (C=O) groups excluding carboxylic acids is 1. The molecule has 1 N–H and O–H groups in total. The van der Waals surface area contributed by atoms with Gasteiger partial charge in [-0.25, -0.2) is 8.42 Å². The van der Waals surface area contributed by atoms with Gasteiger partial charge in [-0.15, -0.1) is 0 Å². The number of nitrogens with zero attached hydrogens (tertiary/aromatic N) is 2. The molecule has 3 rings (SSSR count). The molecule has 0 spiro atoms. The van der Waals surface area contributed by atoms with Crippen LogP contribution in [-0.4, -0.2) is 57.3 Å². The predicted octanol–water partition coefficient (Wildman–Crippen LogP) is 2.97. The number of hydrogen-bond acceptors (Lipinski definition) is 4. The number of sulfonamides is 1. The van der Waals surface area contributed by atoms with Crippen molar-refractivity contribution in [3.05, 3.63) is 65.7 Å². The largest absolute Gasteiger partial charge is 0.352 e. The first-order valence-corrected chi connectivity index (χ1v) is 11.9. The summed E-state index contributed by atoms with van der Waals surface area (Å²) in [5, 5.41) is 3.00. The van der Waals surface area contributed by atoms with Crippen LogP contribution in [0, 0.1) is 5.92 Å². The maximum Gasteiger partial charge on any atom is 0.251 e. The molecule has 1 fully saturated rings. The van der Waals surface area contributed by atoms with Gasteiger partial charge in [0.15, 0.2) is 0 Å². The van der Waals surface area contributed by atoms with Gasteiger partial charge in [0.2, 0.25) is 10.0 Å². The van der Waals surface area contributed by atoms with Gasteiger partial charge in [0, 0.05) is 25.7 Å². The number of likely N-dealkylation sites (tertiary alicyclic amines) is 1. The molecule has 0 bridgehead atoms. The lowest BCUT2D eigenvalue weighted by molar-refractivity contribution is 0.0949. The smallest absolute Gasteiger partial charge is 0.251 e. The summed E-state index contributed by atoms with van der Waals surface area (Å²) in [6.07, 6.45) is 3.40. The molecule has 2 aromatic carbocycles. The molecule has 0 atom stereocenters. The van der Waals surface area contributed by atoms with Crippen molar-refractivity contribution in [2.45, 2.75) is 30.7 Å². The van der Waals surface area contributed by atoms with Crippen molar-refractivity contribution in [3.8, 4) is 0 Å². The standard InChI is InChI=1S/C23H31N3O3S/c1-25-16-13-19(14-17-25)12-15-24-23(27)21-10-8-20(9-11-21)18-26(2)30(28,29)22-6-4-3-5-7-22/h3-11,19H,12-18H2,1-2H3,(H,24,27). The number of piperidine rings is 1. The molecule has 0 unspecified atom stereocenters. The summed E-state index contributed by atoms with van der Waals surface area (Å²) in [5.74, 6) is 0.603. The lowest BCUT2D eigenvalue weighted by Crippen LogP contribution is -2.32. The lowest BCUT2D eigenvalue weighted by Gasteiger charge is -2.28. The average molecular weight is 430 g/mol. The number of benzene rings is 2. The van der Waals surface area contributed by atoms with E-state index < -0.39 is 10.0 Å². The quantitative estimate of drug-likeness (QED) is 0.700. The van der Waals surface area contributed by atoms with Crippen LogP contribution in [0.3, 0.4) is 0 Å². The molecule has 30 heavy (non-hydrogen) atoms. The molecular formula is C23H31N3O3S. The molecule has 0 radical (unpaired) electrons. The molecule has 1 aliphatic rings. The monoisotopic (exact) mass is 429 g/mol. The molecule has 1 saturated heterocycles. The number of amides is 1. The van der Waals surface area contributed by atoms with E-state index in [1.54, 1.807) is 49.5 Å². The fourth-order valence-electron chi connectivity index (χ4n) is 3.72. The van der Waals surface area contributed by atoms with Gasteiger partial charge in [0.05, 0.1) is 4.90 Å². The van der Waals surface area contributed by atoms with E-state index in [2.05, 4.69) is 17.3 Å². The van der Waals surface area contributed by atoms with Gasteiger partial charge in [-0.1, -0.05) is 30.3 Å². The highest BCUT2D eigenvalue weighted by atomic mass is 32.2. The molecule has 7 heteroatoms. The maximum absolute atomic E-state index is 12.6. The Morgan fingerprint density at radius 2 is 1.70 bits per heavy atom. The zero-order valence-corrected chi connectivity index (χ0v) is 18.6. The van der Waals surface area contributed by atoms with Crippen LogP contribution >= 0.6 is 0 Å². The van der Waals surface area contributed by atoms with Crippen LogP contribution in [0.15, 0.2) is 59.5 Å². The number of rotatable bonds is 8. The maximum atomic E-state index is 12.6.